The summed E-state index contributed by atoms with van der Waals surface area (Å²) >= 11 is 0.908. The second-order valence-electron chi connectivity index (χ2n) is 6.85. The van der Waals surface area contributed by atoms with Gasteiger partial charge < -0.3 is 9.32 Å². The van der Waals surface area contributed by atoms with Crippen LogP contribution in [-0.4, -0.2) is 29.8 Å². The van der Waals surface area contributed by atoms with E-state index in [4.69, 9.17) is 4.42 Å². The minimum Gasteiger partial charge on any atom is -0.451 e. The van der Waals surface area contributed by atoms with E-state index in [9.17, 15) is 14.0 Å². The highest BCUT2D eigenvalue weighted by molar-refractivity contribution is 7.98. The summed E-state index contributed by atoms with van der Waals surface area (Å²) in [7, 11) is 0. The lowest BCUT2D eigenvalue weighted by molar-refractivity contribution is -0.125. The van der Waals surface area contributed by atoms with Crippen LogP contribution in [0.25, 0.3) is 11.0 Å². The number of benzene rings is 2. The Kier molecular flexibility index (Phi) is 5.40. The fraction of sp³-hybridized carbons (Fsp3) is 0.182. The van der Waals surface area contributed by atoms with Gasteiger partial charge >= 0.3 is 0 Å². The van der Waals surface area contributed by atoms with Gasteiger partial charge in [-0.05, 0) is 54.3 Å². The van der Waals surface area contributed by atoms with E-state index >= 15 is 0 Å². The molecule has 1 unspecified atom stereocenters. The number of nitrogens with zero attached hydrogens (tertiary/aromatic N) is 1. The maximum absolute atomic E-state index is 13.7. The molecule has 1 saturated heterocycles. The maximum atomic E-state index is 13.7. The van der Waals surface area contributed by atoms with Gasteiger partial charge in [0.15, 0.2) is 5.76 Å². The molecule has 2 amide bonds. The Labute approximate surface area is 171 Å². The van der Waals surface area contributed by atoms with Gasteiger partial charge in [0.2, 0.25) is 5.91 Å². The number of amides is 2. The van der Waals surface area contributed by atoms with Crippen LogP contribution in [0.4, 0.5) is 4.39 Å². The topological polar surface area (TPSA) is 62.6 Å². The van der Waals surface area contributed by atoms with Crippen molar-refractivity contribution in [1.82, 2.24) is 9.62 Å². The predicted octanol–water partition coefficient (Wildman–Crippen LogP) is 4.51. The fourth-order valence-corrected chi connectivity index (χ4v) is 4.07. The molecule has 4 rings (SSSR count). The van der Waals surface area contributed by atoms with Crippen LogP contribution in [-0.2, 0) is 4.79 Å². The summed E-state index contributed by atoms with van der Waals surface area (Å²) in [5.41, 5.74) is 1.68. The zero-order valence-corrected chi connectivity index (χ0v) is 16.4. The van der Waals surface area contributed by atoms with Gasteiger partial charge in [-0.2, -0.15) is 0 Å². The molecule has 0 saturated carbocycles. The molecule has 1 aromatic heterocycles. The second-order valence-corrected chi connectivity index (χ2v) is 7.69. The van der Waals surface area contributed by atoms with E-state index in [1.807, 2.05) is 18.2 Å². The molecule has 1 N–H and O–H groups in total. The van der Waals surface area contributed by atoms with Crippen molar-refractivity contribution in [3.63, 3.8) is 0 Å². The summed E-state index contributed by atoms with van der Waals surface area (Å²) in [6.45, 7) is 4.88. The van der Waals surface area contributed by atoms with Crippen LogP contribution in [0.15, 0.2) is 70.5 Å². The van der Waals surface area contributed by atoms with Crippen LogP contribution in [0.3, 0.4) is 0 Å². The number of fused-ring (bicyclic) bond motifs is 1. The molecule has 29 heavy (non-hydrogen) atoms. The van der Waals surface area contributed by atoms with Gasteiger partial charge in [-0.3, -0.25) is 14.3 Å². The molecule has 1 fully saturated rings. The predicted molar refractivity (Wildman–Crippen MR) is 110 cm³/mol. The van der Waals surface area contributed by atoms with Crippen LogP contribution in [0.2, 0.25) is 0 Å². The normalized spacial score (nSPS) is 16.2. The van der Waals surface area contributed by atoms with E-state index in [-0.39, 0.29) is 17.6 Å². The van der Waals surface area contributed by atoms with Crippen LogP contribution in [0.5, 0.6) is 0 Å². The number of carbonyl (C=O) groups excluding carboxylic acids is 2. The van der Waals surface area contributed by atoms with Crippen molar-refractivity contribution in [2.45, 2.75) is 17.2 Å². The van der Waals surface area contributed by atoms with E-state index in [1.54, 1.807) is 29.2 Å². The van der Waals surface area contributed by atoms with Crippen LogP contribution < -0.4 is 4.72 Å². The van der Waals surface area contributed by atoms with Crippen molar-refractivity contribution >= 4 is 34.7 Å². The molecular weight excluding hydrogens is 391 g/mol. The Bertz CT molecular complexity index is 1090. The Morgan fingerprint density at radius 1 is 1.24 bits per heavy atom. The van der Waals surface area contributed by atoms with Gasteiger partial charge in [0.05, 0.1) is 4.90 Å². The van der Waals surface area contributed by atoms with E-state index in [0.717, 1.165) is 29.3 Å². The molecule has 3 aromatic rings. The first kappa shape index (κ1) is 19.3. The standard InChI is InChI=1S/C22H19FN2O3S/c1-2-21(26)25-10-9-16(13-25)14-7-8-15-12-19(28-18(15)11-14)22(27)24-29-20-6-4-3-5-17(20)23/h2-8,11-12,16H,1,9-10,13H2,(H,24,27). The highest BCUT2D eigenvalue weighted by Gasteiger charge is 2.26. The Hall–Kier alpha value is -3.06. The third kappa shape index (κ3) is 4.05. The van der Waals surface area contributed by atoms with Crippen molar-refractivity contribution in [3.8, 4) is 0 Å². The minimum absolute atomic E-state index is 0.0575. The number of halogens is 1. The molecular formula is C22H19FN2O3S. The highest BCUT2D eigenvalue weighted by Crippen LogP contribution is 2.31. The van der Waals surface area contributed by atoms with Gasteiger partial charge in [0, 0.05) is 24.4 Å². The SMILES string of the molecule is C=CC(=O)N1CCC(c2ccc3cc(C(=O)NSc4ccccc4F)oc3c2)C1. The first-order valence-corrected chi connectivity index (χ1v) is 10.0. The third-order valence-electron chi connectivity index (χ3n) is 5.00. The lowest BCUT2D eigenvalue weighted by Gasteiger charge is -2.14. The quantitative estimate of drug-likeness (QED) is 0.497. The number of hydrogen-bond acceptors (Lipinski definition) is 4. The Morgan fingerprint density at radius 3 is 2.86 bits per heavy atom. The largest absolute Gasteiger partial charge is 0.451 e. The van der Waals surface area contributed by atoms with Gasteiger partial charge in [0.25, 0.3) is 5.91 Å². The molecule has 0 radical (unpaired) electrons. The smallest absolute Gasteiger partial charge is 0.297 e. The molecule has 0 bridgehead atoms. The van der Waals surface area contributed by atoms with Crippen molar-refractivity contribution in [1.29, 1.82) is 0 Å². The minimum atomic E-state index is -0.431. The van der Waals surface area contributed by atoms with E-state index in [2.05, 4.69) is 11.3 Å². The van der Waals surface area contributed by atoms with Crippen LogP contribution in [0, 0.1) is 5.82 Å². The van der Waals surface area contributed by atoms with Gasteiger partial charge in [-0.1, -0.05) is 30.8 Å². The van der Waals surface area contributed by atoms with Crippen molar-refractivity contribution in [3.05, 3.63) is 78.3 Å². The fourth-order valence-electron chi connectivity index (χ4n) is 3.45. The molecule has 0 spiro atoms. The van der Waals surface area contributed by atoms with Crippen molar-refractivity contribution in [2.24, 2.45) is 0 Å². The molecule has 1 aliphatic rings. The monoisotopic (exact) mass is 410 g/mol. The van der Waals surface area contributed by atoms with E-state index < -0.39 is 11.7 Å². The molecule has 1 atom stereocenters. The Balaban J connectivity index is 1.47. The van der Waals surface area contributed by atoms with Gasteiger partial charge in [-0.15, -0.1) is 0 Å². The molecule has 2 heterocycles. The Morgan fingerprint density at radius 2 is 2.07 bits per heavy atom. The summed E-state index contributed by atoms with van der Waals surface area (Å²) in [5.74, 6) is -0.497. The lowest BCUT2D eigenvalue weighted by atomic mass is 9.98. The molecule has 148 valence electrons. The summed E-state index contributed by atoms with van der Waals surface area (Å²) < 4.78 is 22.0. The van der Waals surface area contributed by atoms with E-state index in [0.29, 0.717) is 23.6 Å². The zero-order valence-electron chi connectivity index (χ0n) is 15.6. The number of rotatable bonds is 5. The first-order chi connectivity index (χ1) is 14.0. The molecule has 2 aromatic carbocycles. The molecule has 1 aliphatic heterocycles. The average molecular weight is 410 g/mol. The summed E-state index contributed by atoms with van der Waals surface area (Å²) in [4.78, 5) is 26.3. The van der Waals surface area contributed by atoms with Gasteiger partial charge in [0.1, 0.15) is 11.4 Å². The summed E-state index contributed by atoms with van der Waals surface area (Å²) in [6, 6.07) is 13.7. The van der Waals surface area contributed by atoms with E-state index in [1.165, 1.54) is 12.1 Å². The number of furan rings is 1. The summed E-state index contributed by atoms with van der Waals surface area (Å²) in [5, 5.41) is 0.812. The second kappa shape index (κ2) is 8.13. The summed E-state index contributed by atoms with van der Waals surface area (Å²) in [6.07, 6.45) is 2.21. The average Bonchev–Trinajstić information content (AvgIpc) is 3.39. The number of nitrogens with one attached hydrogen (secondary N) is 1. The molecule has 0 aliphatic carbocycles. The third-order valence-corrected chi connectivity index (χ3v) is 5.84. The maximum Gasteiger partial charge on any atom is 0.297 e. The molecule has 7 heteroatoms. The van der Waals surface area contributed by atoms with Crippen molar-refractivity contribution in [2.75, 3.05) is 13.1 Å². The van der Waals surface area contributed by atoms with Crippen LogP contribution >= 0.6 is 11.9 Å². The highest BCUT2D eigenvalue weighted by atomic mass is 32.2. The zero-order chi connectivity index (χ0) is 20.4. The lowest BCUT2D eigenvalue weighted by Crippen LogP contribution is -2.26. The van der Waals surface area contributed by atoms with Crippen molar-refractivity contribution < 1.29 is 18.4 Å². The van der Waals surface area contributed by atoms with Gasteiger partial charge in [-0.25, -0.2) is 4.39 Å². The molecule has 5 nitrogen and oxygen atoms in total. The number of likely N-dealkylation sites (tertiary alicyclic amines) is 1. The first-order valence-electron chi connectivity index (χ1n) is 9.21. The number of hydrogen-bond donors (Lipinski definition) is 1. The van der Waals surface area contributed by atoms with Crippen LogP contribution in [0.1, 0.15) is 28.5 Å². The number of carbonyl (C=O) groups is 2.